The third kappa shape index (κ3) is 3.48. The van der Waals surface area contributed by atoms with Gasteiger partial charge in [0, 0.05) is 42.9 Å². The summed E-state index contributed by atoms with van der Waals surface area (Å²) in [6, 6.07) is 6.50. The molecule has 1 atom stereocenters. The summed E-state index contributed by atoms with van der Waals surface area (Å²) < 4.78 is 18.7. The van der Waals surface area contributed by atoms with Gasteiger partial charge in [-0.25, -0.2) is 4.39 Å². The van der Waals surface area contributed by atoms with Crippen LogP contribution in [0.15, 0.2) is 24.3 Å². The monoisotopic (exact) mass is 331 g/mol. The summed E-state index contributed by atoms with van der Waals surface area (Å²) in [4.78, 5) is 14.6. The van der Waals surface area contributed by atoms with Crippen LogP contribution in [0.4, 0.5) is 4.39 Å². The van der Waals surface area contributed by atoms with Gasteiger partial charge in [-0.05, 0) is 44.0 Å². The third-order valence-electron chi connectivity index (χ3n) is 4.45. The first-order chi connectivity index (χ1) is 11.6. The minimum atomic E-state index is -0.350. The molecule has 0 aliphatic carbocycles. The van der Waals surface area contributed by atoms with E-state index in [4.69, 9.17) is 4.74 Å². The summed E-state index contributed by atoms with van der Waals surface area (Å²) in [6.07, 6.45) is 1.96. The molecule has 1 aliphatic heterocycles. The van der Waals surface area contributed by atoms with Crippen molar-refractivity contribution in [2.75, 3.05) is 20.2 Å². The molecule has 0 bridgehead atoms. The van der Waals surface area contributed by atoms with Crippen molar-refractivity contribution >= 4 is 5.91 Å². The minimum absolute atomic E-state index is 0.0655. The van der Waals surface area contributed by atoms with Crippen LogP contribution in [-0.2, 0) is 11.3 Å². The molecule has 5 nitrogen and oxygen atoms in total. The second-order valence-corrected chi connectivity index (χ2v) is 6.31. The van der Waals surface area contributed by atoms with Gasteiger partial charge in [0.05, 0.1) is 12.3 Å². The maximum absolute atomic E-state index is 13.7. The zero-order valence-electron chi connectivity index (χ0n) is 14.0. The molecule has 1 aliphatic rings. The Hall–Kier alpha value is -2.21. The molecular formula is C18H22FN3O2. The number of amides is 1. The molecule has 1 N–H and O–H groups in total. The zero-order valence-corrected chi connectivity index (χ0v) is 14.0. The van der Waals surface area contributed by atoms with E-state index < -0.39 is 0 Å². The average molecular weight is 331 g/mol. The number of carbonyl (C=O) groups is 1. The SMILES string of the molecule is COCc1cc(C(=O)N2CCCC(c3cc(C)[nH]n3)C2)ccc1F. The summed E-state index contributed by atoms with van der Waals surface area (Å²) in [5.41, 5.74) is 2.93. The number of aryl methyl sites for hydroxylation is 1. The van der Waals surface area contributed by atoms with Gasteiger partial charge < -0.3 is 9.64 Å². The van der Waals surface area contributed by atoms with E-state index in [1.54, 1.807) is 12.1 Å². The number of ether oxygens (including phenoxy) is 1. The van der Waals surface area contributed by atoms with Gasteiger partial charge in [-0.2, -0.15) is 5.10 Å². The van der Waals surface area contributed by atoms with E-state index >= 15 is 0 Å². The van der Waals surface area contributed by atoms with E-state index in [9.17, 15) is 9.18 Å². The maximum atomic E-state index is 13.7. The van der Waals surface area contributed by atoms with E-state index in [-0.39, 0.29) is 24.2 Å². The van der Waals surface area contributed by atoms with Crippen molar-refractivity contribution in [2.24, 2.45) is 0 Å². The van der Waals surface area contributed by atoms with Gasteiger partial charge in [-0.1, -0.05) is 0 Å². The second-order valence-electron chi connectivity index (χ2n) is 6.31. The standard InChI is InChI=1S/C18H22FN3O2/c1-12-8-17(21-20-12)14-4-3-7-22(10-14)18(23)13-5-6-16(19)15(9-13)11-24-2/h5-6,8-9,14H,3-4,7,10-11H2,1-2H3,(H,20,21). The van der Waals surface area contributed by atoms with Crippen molar-refractivity contribution in [3.8, 4) is 0 Å². The quantitative estimate of drug-likeness (QED) is 0.937. The zero-order chi connectivity index (χ0) is 17.1. The lowest BCUT2D eigenvalue weighted by molar-refractivity contribution is 0.0705. The fourth-order valence-electron chi connectivity index (χ4n) is 3.21. The molecule has 1 fully saturated rings. The van der Waals surface area contributed by atoms with Crippen LogP contribution in [0.25, 0.3) is 0 Å². The van der Waals surface area contributed by atoms with Crippen molar-refractivity contribution in [1.82, 2.24) is 15.1 Å². The number of halogens is 1. The Morgan fingerprint density at radius 1 is 1.46 bits per heavy atom. The third-order valence-corrected chi connectivity index (χ3v) is 4.45. The molecule has 1 saturated heterocycles. The second kappa shape index (κ2) is 7.13. The number of hydrogen-bond donors (Lipinski definition) is 1. The van der Waals surface area contributed by atoms with Gasteiger partial charge >= 0.3 is 0 Å². The molecule has 0 spiro atoms. The lowest BCUT2D eigenvalue weighted by atomic mass is 9.94. The van der Waals surface area contributed by atoms with Gasteiger partial charge in [0.15, 0.2) is 0 Å². The number of likely N-dealkylation sites (tertiary alicyclic amines) is 1. The van der Waals surface area contributed by atoms with Crippen LogP contribution in [-0.4, -0.2) is 41.2 Å². The molecule has 1 aromatic heterocycles. The molecule has 6 heteroatoms. The number of nitrogens with one attached hydrogen (secondary N) is 1. The molecule has 128 valence electrons. The van der Waals surface area contributed by atoms with Crippen molar-refractivity contribution in [2.45, 2.75) is 32.3 Å². The number of benzene rings is 1. The van der Waals surface area contributed by atoms with Gasteiger partial charge in [0.1, 0.15) is 5.82 Å². The Morgan fingerprint density at radius 3 is 3.00 bits per heavy atom. The van der Waals surface area contributed by atoms with Crippen LogP contribution in [0, 0.1) is 12.7 Å². The normalized spacial score (nSPS) is 18.0. The highest BCUT2D eigenvalue weighted by molar-refractivity contribution is 5.94. The van der Waals surface area contributed by atoms with E-state index in [2.05, 4.69) is 10.2 Å². The lowest BCUT2D eigenvalue weighted by Gasteiger charge is -2.32. The predicted octanol–water partition coefficient (Wildman–Crippen LogP) is 3.02. The molecule has 0 saturated carbocycles. The van der Waals surface area contributed by atoms with Crippen LogP contribution >= 0.6 is 0 Å². The van der Waals surface area contributed by atoms with E-state index in [1.807, 2.05) is 17.9 Å². The van der Waals surface area contributed by atoms with E-state index in [0.29, 0.717) is 17.7 Å². The van der Waals surface area contributed by atoms with Crippen LogP contribution in [0.5, 0.6) is 0 Å². The fraction of sp³-hybridized carbons (Fsp3) is 0.444. The first kappa shape index (κ1) is 16.6. The Morgan fingerprint density at radius 2 is 2.29 bits per heavy atom. The predicted molar refractivity (Wildman–Crippen MR) is 88.3 cm³/mol. The maximum Gasteiger partial charge on any atom is 0.253 e. The highest BCUT2D eigenvalue weighted by Crippen LogP contribution is 2.27. The van der Waals surface area contributed by atoms with Crippen LogP contribution in [0.1, 0.15) is 46.1 Å². The molecule has 2 heterocycles. The highest BCUT2D eigenvalue weighted by atomic mass is 19.1. The number of methoxy groups -OCH3 is 1. The summed E-state index contributed by atoms with van der Waals surface area (Å²) in [5, 5.41) is 7.29. The van der Waals surface area contributed by atoms with Gasteiger partial charge in [0.2, 0.25) is 0 Å². The Bertz CT molecular complexity index is 729. The molecule has 3 rings (SSSR count). The number of aromatic nitrogens is 2. The number of aromatic amines is 1. The molecular weight excluding hydrogens is 309 g/mol. The van der Waals surface area contributed by atoms with Gasteiger partial charge in [-0.3, -0.25) is 9.89 Å². The van der Waals surface area contributed by atoms with Gasteiger partial charge in [0.25, 0.3) is 5.91 Å². The summed E-state index contributed by atoms with van der Waals surface area (Å²) in [5.74, 6) is -0.173. The number of piperidine rings is 1. The Balaban J connectivity index is 1.76. The molecule has 1 aromatic carbocycles. The fourth-order valence-corrected chi connectivity index (χ4v) is 3.21. The minimum Gasteiger partial charge on any atom is -0.380 e. The molecule has 24 heavy (non-hydrogen) atoms. The van der Waals surface area contributed by atoms with E-state index in [0.717, 1.165) is 30.8 Å². The van der Waals surface area contributed by atoms with Crippen LogP contribution in [0.2, 0.25) is 0 Å². The van der Waals surface area contributed by atoms with Crippen molar-refractivity contribution in [3.63, 3.8) is 0 Å². The number of rotatable bonds is 4. The summed E-state index contributed by atoms with van der Waals surface area (Å²) in [6.45, 7) is 3.48. The van der Waals surface area contributed by atoms with Crippen molar-refractivity contribution in [1.29, 1.82) is 0 Å². The molecule has 0 radical (unpaired) electrons. The van der Waals surface area contributed by atoms with E-state index in [1.165, 1.54) is 13.2 Å². The van der Waals surface area contributed by atoms with Crippen LogP contribution in [0.3, 0.4) is 0 Å². The molecule has 1 amide bonds. The summed E-state index contributed by atoms with van der Waals surface area (Å²) in [7, 11) is 1.51. The van der Waals surface area contributed by atoms with Crippen molar-refractivity contribution in [3.05, 3.63) is 52.6 Å². The Labute approximate surface area is 140 Å². The highest BCUT2D eigenvalue weighted by Gasteiger charge is 2.27. The average Bonchev–Trinajstić information content (AvgIpc) is 3.03. The molecule has 1 unspecified atom stereocenters. The summed E-state index contributed by atoms with van der Waals surface area (Å²) >= 11 is 0. The number of carbonyl (C=O) groups excluding carboxylic acids is 1. The number of H-pyrrole nitrogens is 1. The van der Waals surface area contributed by atoms with Crippen LogP contribution < -0.4 is 0 Å². The smallest absolute Gasteiger partial charge is 0.253 e. The van der Waals surface area contributed by atoms with Crippen molar-refractivity contribution < 1.29 is 13.9 Å². The number of hydrogen-bond acceptors (Lipinski definition) is 3. The lowest BCUT2D eigenvalue weighted by Crippen LogP contribution is -2.39. The Kier molecular flexibility index (Phi) is 4.94. The first-order valence-corrected chi connectivity index (χ1v) is 8.17. The largest absolute Gasteiger partial charge is 0.380 e. The topological polar surface area (TPSA) is 58.2 Å². The first-order valence-electron chi connectivity index (χ1n) is 8.17. The number of nitrogens with zero attached hydrogens (tertiary/aromatic N) is 2. The van der Waals surface area contributed by atoms with Gasteiger partial charge in [-0.15, -0.1) is 0 Å². The molecule has 2 aromatic rings.